The molecule has 0 spiro atoms. The second kappa shape index (κ2) is 8.61. The maximum Gasteiger partial charge on any atom is 0.317 e. The minimum atomic E-state index is 0.0297. The molecule has 2 aromatic carbocycles. The van der Waals surface area contributed by atoms with Crippen molar-refractivity contribution in [2.45, 2.75) is 13.3 Å². The number of benzene rings is 2. The summed E-state index contributed by atoms with van der Waals surface area (Å²) < 4.78 is 5.16. The van der Waals surface area contributed by atoms with Crippen molar-refractivity contribution < 1.29 is 9.53 Å². The standard InChI is InChI=1S/C21H27N3O2/c1-17-3-7-19(8-4-17)23-13-15-24(16-14-23)21(25)22-12-11-18-5-9-20(26-2)10-6-18/h3-10H,11-16H2,1-2H3,(H,22,25). The number of hydrogen-bond donors (Lipinski definition) is 1. The Morgan fingerprint density at radius 2 is 1.65 bits per heavy atom. The van der Waals surface area contributed by atoms with Crippen molar-refractivity contribution in [3.8, 4) is 5.75 Å². The zero-order valence-corrected chi connectivity index (χ0v) is 15.6. The minimum absolute atomic E-state index is 0.0297. The summed E-state index contributed by atoms with van der Waals surface area (Å²) in [6, 6.07) is 16.6. The fourth-order valence-electron chi connectivity index (χ4n) is 3.14. The number of anilines is 1. The summed E-state index contributed by atoms with van der Waals surface area (Å²) in [6.07, 6.45) is 0.819. The zero-order valence-electron chi connectivity index (χ0n) is 15.6. The van der Waals surface area contributed by atoms with Crippen molar-refractivity contribution in [1.82, 2.24) is 10.2 Å². The maximum atomic E-state index is 12.4. The molecule has 0 atom stereocenters. The fraction of sp³-hybridized carbons (Fsp3) is 0.381. The van der Waals surface area contributed by atoms with Crippen molar-refractivity contribution in [3.63, 3.8) is 0 Å². The molecule has 1 saturated heterocycles. The fourth-order valence-corrected chi connectivity index (χ4v) is 3.14. The molecule has 1 heterocycles. The van der Waals surface area contributed by atoms with E-state index in [0.717, 1.165) is 38.3 Å². The van der Waals surface area contributed by atoms with Gasteiger partial charge in [-0.1, -0.05) is 29.8 Å². The lowest BCUT2D eigenvalue weighted by Crippen LogP contribution is -2.52. The van der Waals surface area contributed by atoms with Crippen LogP contribution in [0.25, 0.3) is 0 Å². The summed E-state index contributed by atoms with van der Waals surface area (Å²) in [5.41, 5.74) is 3.69. The third kappa shape index (κ3) is 4.69. The van der Waals surface area contributed by atoms with Gasteiger partial charge in [-0.3, -0.25) is 0 Å². The molecular weight excluding hydrogens is 326 g/mol. The minimum Gasteiger partial charge on any atom is -0.497 e. The molecule has 1 aliphatic heterocycles. The van der Waals surface area contributed by atoms with Gasteiger partial charge >= 0.3 is 6.03 Å². The van der Waals surface area contributed by atoms with E-state index in [0.29, 0.717) is 6.54 Å². The molecule has 3 rings (SSSR count). The first kappa shape index (κ1) is 18.1. The summed E-state index contributed by atoms with van der Waals surface area (Å²) in [7, 11) is 1.66. The van der Waals surface area contributed by atoms with Crippen LogP contribution in [0.4, 0.5) is 10.5 Å². The maximum absolute atomic E-state index is 12.4. The van der Waals surface area contributed by atoms with E-state index in [1.807, 2.05) is 29.2 Å². The van der Waals surface area contributed by atoms with Crippen molar-refractivity contribution in [2.75, 3.05) is 44.7 Å². The highest BCUT2D eigenvalue weighted by atomic mass is 16.5. The van der Waals surface area contributed by atoms with Gasteiger partial charge in [0.15, 0.2) is 0 Å². The van der Waals surface area contributed by atoms with Crippen LogP contribution in [0, 0.1) is 6.92 Å². The van der Waals surface area contributed by atoms with Gasteiger partial charge in [0.1, 0.15) is 5.75 Å². The predicted octanol–water partition coefficient (Wildman–Crippen LogP) is 3.08. The van der Waals surface area contributed by atoms with Gasteiger partial charge in [0.25, 0.3) is 0 Å². The summed E-state index contributed by atoms with van der Waals surface area (Å²) >= 11 is 0. The summed E-state index contributed by atoms with van der Waals surface area (Å²) in [6.45, 7) is 5.98. The number of nitrogens with zero attached hydrogens (tertiary/aromatic N) is 2. The van der Waals surface area contributed by atoms with Gasteiger partial charge in [0.2, 0.25) is 0 Å². The molecule has 5 nitrogen and oxygen atoms in total. The van der Waals surface area contributed by atoms with Crippen LogP contribution < -0.4 is 15.0 Å². The molecule has 138 valence electrons. The quantitative estimate of drug-likeness (QED) is 0.898. The van der Waals surface area contributed by atoms with Gasteiger partial charge in [-0.15, -0.1) is 0 Å². The molecular formula is C21H27N3O2. The van der Waals surface area contributed by atoms with E-state index < -0.39 is 0 Å². The summed E-state index contributed by atoms with van der Waals surface area (Å²) in [5.74, 6) is 0.851. The molecule has 0 aromatic heterocycles. The highest BCUT2D eigenvalue weighted by molar-refractivity contribution is 5.74. The van der Waals surface area contributed by atoms with Crippen molar-refractivity contribution in [2.24, 2.45) is 0 Å². The van der Waals surface area contributed by atoms with E-state index in [9.17, 15) is 4.79 Å². The Bertz CT molecular complexity index is 705. The van der Waals surface area contributed by atoms with Gasteiger partial charge < -0.3 is 19.9 Å². The van der Waals surface area contributed by atoms with Gasteiger partial charge in [0.05, 0.1) is 7.11 Å². The Kier molecular flexibility index (Phi) is 6.00. The van der Waals surface area contributed by atoms with Crippen LogP contribution in [0.2, 0.25) is 0 Å². The van der Waals surface area contributed by atoms with Crippen LogP contribution in [0.3, 0.4) is 0 Å². The molecule has 0 bridgehead atoms. The first-order valence-corrected chi connectivity index (χ1v) is 9.13. The van der Waals surface area contributed by atoms with Crippen LogP contribution in [0.1, 0.15) is 11.1 Å². The van der Waals surface area contributed by atoms with E-state index in [1.165, 1.54) is 16.8 Å². The number of hydrogen-bond acceptors (Lipinski definition) is 3. The van der Waals surface area contributed by atoms with E-state index >= 15 is 0 Å². The average Bonchev–Trinajstić information content (AvgIpc) is 2.69. The van der Waals surface area contributed by atoms with Gasteiger partial charge in [-0.2, -0.15) is 0 Å². The molecule has 2 aromatic rings. The Balaban J connectivity index is 1.41. The Hall–Kier alpha value is -2.69. The van der Waals surface area contributed by atoms with Gasteiger partial charge in [-0.25, -0.2) is 4.79 Å². The molecule has 2 amide bonds. The van der Waals surface area contributed by atoms with Gasteiger partial charge in [0, 0.05) is 38.4 Å². The van der Waals surface area contributed by atoms with Crippen LogP contribution in [-0.2, 0) is 6.42 Å². The number of carbonyl (C=O) groups excluding carboxylic acids is 1. The lowest BCUT2D eigenvalue weighted by molar-refractivity contribution is 0.194. The van der Waals surface area contributed by atoms with Gasteiger partial charge in [-0.05, 0) is 43.2 Å². The van der Waals surface area contributed by atoms with Crippen LogP contribution in [0.15, 0.2) is 48.5 Å². The number of nitrogens with one attached hydrogen (secondary N) is 1. The molecule has 1 fully saturated rings. The number of amides is 2. The van der Waals surface area contributed by atoms with Crippen LogP contribution in [-0.4, -0.2) is 50.8 Å². The summed E-state index contributed by atoms with van der Waals surface area (Å²) in [4.78, 5) is 16.6. The number of aryl methyl sites for hydroxylation is 1. The molecule has 0 unspecified atom stereocenters. The number of methoxy groups -OCH3 is 1. The first-order chi connectivity index (χ1) is 12.7. The lowest BCUT2D eigenvalue weighted by atomic mass is 10.1. The Morgan fingerprint density at radius 3 is 2.27 bits per heavy atom. The third-order valence-electron chi connectivity index (χ3n) is 4.81. The van der Waals surface area contributed by atoms with E-state index in [2.05, 4.69) is 41.4 Å². The SMILES string of the molecule is COc1ccc(CCNC(=O)N2CCN(c3ccc(C)cc3)CC2)cc1. The molecule has 26 heavy (non-hydrogen) atoms. The second-order valence-electron chi connectivity index (χ2n) is 6.64. The topological polar surface area (TPSA) is 44.8 Å². The van der Waals surface area contributed by atoms with E-state index in [1.54, 1.807) is 7.11 Å². The molecule has 0 radical (unpaired) electrons. The van der Waals surface area contributed by atoms with E-state index in [4.69, 9.17) is 4.74 Å². The second-order valence-corrected chi connectivity index (χ2v) is 6.64. The lowest BCUT2D eigenvalue weighted by Gasteiger charge is -2.36. The number of urea groups is 1. The summed E-state index contributed by atoms with van der Waals surface area (Å²) in [5, 5.41) is 3.03. The predicted molar refractivity (Wildman–Crippen MR) is 105 cm³/mol. The van der Waals surface area contributed by atoms with Crippen LogP contribution >= 0.6 is 0 Å². The molecule has 1 aliphatic rings. The first-order valence-electron chi connectivity index (χ1n) is 9.13. The number of ether oxygens (including phenoxy) is 1. The number of carbonyl (C=O) groups is 1. The van der Waals surface area contributed by atoms with Crippen molar-refractivity contribution >= 4 is 11.7 Å². The molecule has 5 heteroatoms. The van der Waals surface area contributed by atoms with E-state index in [-0.39, 0.29) is 6.03 Å². The third-order valence-corrected chi connectivity index (χ3v) is 4.81. The molecule has 0 aliphatic carbocycles. The van der Waals surface area contributed by atoms with Crippen molar-refractivity contribution in [3.05, 3.63) is 59.7 Å². The molecule has 1 N–H and O–H groups in total. The average molecular weight is 353 g/mol. The van der Waals surface area contributed by atoms with Crippen LogP contribution in [0.5, 0.6) is 5.75 Å². The highest BCUT2D eigenvalue weighted by Gasteiger charge is 2.20. The zero-order chi connectivity index (χ0) is 18.4. The monoisotopic (exact) mass is 353 g/mol. The number of piperazine rings is 1. The molecule has 0 saturated carbocycles. The Labute approximate surface area is 155 Å². The van der Waals surface area contributed by atoms with Crippen molar-refractivity contribution in [1.29, 1.82) is 0 Å². The Morgan fingerprint density at radius 1 is 1.00 bits per heavy atom. The normalized spacial score (nSPS) is 14.2. The number of rotatable bonds is 5. The largest absolute Gasteiger partial charge is 0.497 e. The smallest absolute Gasteiger partial charge is 0.317 e. The highest BCUT2D eigenvalue weighted by Crippen LogP contribution is 2.17.